The van der Waals surface area contributed by atoms with Gasteiger partial charge in [0.25, 0.3) is 0 Å². The van der Waals surface area contributed by atoms with Gasteiger partial charge in [-0.1, -0.05) is 158 Å². The van der Waals surface area contributed by atoms with Gasteiger partial charge < -0.3 is 4.57 Å². The van der Waals surface area contributed by atoms with E-state index in [1.807, 2.05) is 0 Å². The Hall–Kier alpha value is -7.47. The molecule has 12 rings (SSSR count). The smallest absolute Gasteiger partial charge is 0.174 e. The van der Waals surface area contributed by atoms with Crippen molar-refractivity contribution in [3.05, 3.63) is 229 Å². The second-order valence-corrected chi connectivity index (χ2v) is 16.2. The Balaban J connectivity index is 1.12. The molecule has 0 aliphatic heterocycles. The average molecular weight is 771 g/mol. The van der Waals surface area contributed by atoms with E-state index in [0.29, 0.717) is 17.5 Å². The van der Waals surface area contributed by atoms with E-state index >= 15 is 0 Å². The van der Waals surface area contributed by atoms with Crippen LogP contribution in [0.5, 0.6) is 0 Å². The highest BCUT2D eigenvalue weighted by Crippen LogP contribution is 2.58. The Labute approximate surface area is 345 Å². The molecule has 0 amide bonds. The highest BCUT2D eigenvalue weighted by molar-refractivity contribution is 7.22. The van der Waals surface area contributed by atoms with Crippen LogP contribution >= 0.6 is 11.3 Å². The maximum Gasteiger partial charge on any atom is 0.174 e. The molecule has 0 radical (unpaired) electrons. The van der Waals surface area contributed by atoms with Gasteiger partial charge in [-0.25, -0.2) is 15.0 Å². The molecule has 1 aliphatic rings. The molecule has 4 nitrogen and oxygen atoms in total. The molecule has 1 aliphatic carbocycles. The van der Waals surface area contributed by atoms with E-state index in [-0.39, 0.29) is 0 Å². The Morgan fingerprint density at radius 2 is 1.03 bits per heavy atom. The second-order valence-electron chi connectivity index (χ2n) is 15.1. The molecule has 276 valence electrons. The lowest BCUT2D eigenvalue weighted by molar-refractivity contribution is 0.768. The van der Waals surface area contributed by atoms with Crippen LogP contribution in [-0.2, 0) is 5.41 Å². The van der Waals surface area contributed by atoms with E-state index in [2.05, 4.69) is 211 Å². The zero-order valence-corrected chi connectivity index (χ0v) is 32.6. The summed E-state index contributed by atoms with van der Waals surface area (Å²) in [5.41, 5.74) is 12.1. The molecule has 0 saturated carbocycles. The summed E-state index contributed by atoms with van der Waals surface area (Å²) in [6.45, 7) is 0. The van der Waals surface area contributed by atoms with Crippen molar-refractivity contribution in [1.29, 1.82) is 0 Å². The fourth-order valence-corrected chi connectivity index (χ4v) is 10.5. The third-order valence-electron chi connectivity index (χ3n) is 11.9. The Kier molecular flexibility index (Phi) is 7.59. The highest BCUT2D eigenvalue weighted by atomic mass is 32.1. The predicted molar refractivity (Wildman–Crippen MR) is 243 cm³/mol. The van der Waals surface area contributed by atoms with Gasteiger partial charge in [-0.3, -0.25) is 0 Å². The zero-order valence-electron chi connectivity index (χ0n) is 31.8. The topological polar surface area (TPSA) is 43.6 Å². The number of aromatic nitrogens is 4. The van der Waals surface area contributed by atoms with Crippen molar-refractivity contribution in [1.82, 2.24) is 19.5 Å². The van der Waals surface area contributed by atoms with Crippen LogP contribution in [0.4, 0.5) is 0 Å². The number of benzene rings is 8. The van der Waals surface area contributed by atoms with Crippen molar-refractivity contribution in [3.8, 4) is 50.3 Å². The Morgan fingerprint density at radius 3 is 1.83 bits per heavy atom. The molecule has 0 unspecified atom stereocenters. The van der Waals surface area contributed by atoms with Crippen LogP contribution in [-0.4, -0.2) is 19.5 Å². The van der Waals surface area contributed by atoms with Gasteiger partial charge in [0.15, 0.2) is 17.5 Å². The van der Waals surface area contributed by atoms with Gasteiger partial charge in [-0.05, 0) is 87.3 Å². The molecule has 11 aromatic rings. The third-order valence-corrected chi connectivity index (χ3v) is 13.1. The molecule has 0 fully saturated rings. The first-order valence-corrected chi connectivity index (χ1v) is 20.8. The van der Waals surface area contributed by atoms with E-state index in [9.17, 15) is 0 Å². The van der Waals surface area contributed by atoms with Gasteiger partial charge in [0.2, 0.25) is 0 Å². The molecule has 3 heterocycles. The highest BCUT2D eigenvalue weighted by Gasteiger charge is 2.47. The average Bonchev–Trinajstić information content (AvgIpc) is 3.99. The number of rotatable bonds is 6. The molecule has 5 heteroatoms. The summed E-state index contributed by atoms with van der Waals surface area (Å²) in [7, 11) is 0. The van der Waals surface area contributed by atoms with E-state index < -0.39 is 5.41 Å². The largest absolute Gasteiger partial charge is 0.309 e. The summed E-state index contributed by atoms with van der Waals surface area (Å²) >= 11 is 1.72. The SMILES string of the molecule is c1ccc(-n2c3ccccc3c3cc(-c4nc(-c5cc6ccccc6s5)nc(-c5cccc6c5-c5ccccc5C6(c5ccccc5)c5ccccc5)n4)ccc32)cc1. The van der Waals surface area contributed by atoms with Gasteiger partial charge in [0.05, 0.1) is 21.3 Å². The molecule has 0 atom stereocenters. The van der Waals surface area contributed by atoms with Crippen LogP contribution in [0, 0.1) is 0 Å². The number of para-hydroxylation sites is 2. The maximum atomic E-state index is 5.42. The lowest BCUT2D eigenvalue weighted by Gasteiger charge is -2.33. The van der Waals surface area contributed by atoms with Crippen LogP contribution in [0.2, 0.25) is 0 Å². The van der Waals surface area contributed by atoms with E-state index in [0.717, 1.165) is 43.7 Å². The monoisotopic (exact) mass is 770 g/mol. The van der Waals surface area contributed by atoms with Gasteiger partial charge in [-0.2, -0.15) is 0 Å². The van der Waals surface area contributed by atoms with E-state index in [1.165, 1.54) is 43.3 Å². The number of hydrogen-bond acceptors (Lipinski definition) is 4. The van der Waals surface area contributed by atoms with Crippen molar-refractivity contribution >= 4 is 43.2 Å². The van der Waals surface area contributed by atoms with Crippen LogP contribution in [0.25, 0.3) is 82.2 Å². The van der Waals surface area contributed by atoms with Gasteiger partial charge in [0.1, 0.15) is 0 Å². The number of fused-ring (bicyclic) bond motifs is 7. The zero-order chi connectivity index (χ0) is 38.9. The summed E-state index contributed by atoms with van der Waals surface area (Å²) < 4.78 is 3.54. The molecule has 0 saturated heterocycles. The van der Waals surface area contributed by atoms with Crippen molar-refractivity contribution in [2.45, 2.75) is 5.41 Å². The predicted octanol–water partition coefficient (Wildman–Crippen LogP) is 13.5. The fourth-order valence-electron chi connectivity index (χ4n) is 9.47. The first-order valence-electron chi connectivity index (χ1n) is 19.9. The molecular formula is C54H34N4S. The van der Waals surface area contributed by atoms with Gasteiger partial charge >= 0.3 is 0 Å². The molecule has 3 aromatic heterocycles. The van der Waals surface area contributed by atoms with Crippen LogP contribution in [0.15, 0.2) is 206 Å². The van der Waals surface area contributed by atoms with Crippen LogP contribution in [0.3, 0.4) is 0 Å². The van der Waals surface area contributed by atoms with Gasteiger partial charge in [0, 0.05) is 32.3 Å². The maximum absolute atomic E-state index is 5.42. The summed E-state index contributed by atoms with van der Waals surface area (Å²) in [5.74, 6) is 1.96. The summed E-state index contributed by atoms with van der Waals surface area (Å²) in [4.78, 5) is 17.1. The van der Waals surface area contributed by atoms with Crippen LogP contribution < -0.4 is 0 Å². The minimum atomic E-state index is -0.535. The minimum absolute atomic E-state index is 0.535. The van der Waals surface area contributed by atoms with Crippen molar-refractivity contribution < 1.29 is 0 Å². The minimum Gasteiger partial charge on any atom is -0.309 e. The summed E-state index contributed by atoms with van der Waals surface area (Å²) in [5, 5.41) is 3.51. The Morgan fingerprint density at radius 1 is 0.424 bits per heavy atom. The summed E-state index contributed by atoms with van der Waals surface area (Å²) in [6.07, 6.45) is 0. The Bertz CT molecular complexity index is 3310. The molecule has 59 heavy (non-hydrogen) atoms. The molecular weight excluding hydrogens is 737 g/mol. The normalized spacial score (nSPS) is 12.9. The molecule has 0 spiro atoms. The fraction of sp³-hybridized carbons (Fsp3) is 0.0185. The quantitative estimate of drug-likeness (QED) is 0.169. The first-order chi connectivity index (χ1) is 29.3. The second kappa shape index (κ2) is 13.3. The molecule has 0 bridgehead atoms. The van der Waals surface area contributed by atoms with Gasteiger partial charge in [-0.15, -0.1) is 11.3 Å². The lowest BCUT2D eigenvalue weighted by atomic mass is 9.67. The standard InChI is InChI=1S/C54H34N4S/c1-4-18-37(19-5-1)54(38-20-6-2-7-21-38)44-27-13-11-25-41(44)50-42(26-16-28-45(50)54)52-55-51(56-53(57-52)49-34-35-17-10-15-30-48(35)59-49)36-31-32-47-43(33-36)40-24-12-14-29-46(40)58(47)39-22-8-3-9-23-39/h1-34H. The summed E-state index contributed by atoms with van der Waals surface area (Å²) in [6, 6.07) is 73.9. The van der Waals surface area contributed by atoms with Crippen molar-refractivity contribution in [3.63, 3.8) is 0 Å². The molecule has 0 N–H and O–H groups in total. The number of nitrogens with zero attached hydrogens (tertiary/aromatic N) is 4. The van der Waals surface area contributed by atoms with Crippen LogP contribution in [0.1, 0.15) is 22.3 Å². The first kappa shape index (κ1) is 33.6. The number of hydrogen-bond donors (Lipinski definition) is 0. The van der Waals surface area contributed by atoms with E-state index in [1.54, 1.807) is 11.3 Å². The lowest BCUT2D eigenvalue weighted by Crippen LogP contribution is -2.28. The third kappa shape index (κ3) is 5.12. The van der Waals surface area contributed by atoms with Crippen molar-refractivity contribution in [2.75, 3.05) is 0 Å². The number of thiophene rings is 1. The van der Waals surface area contributed by atoms with E-state index in [4.69, 9.17) is 15.0 Å². The van der Waals surface area contributed by atoms with Crippen molar-refractivity contribution in [2.24, 2.45) is 0 Å². The molecule has 8 aromatic carbocycles.